The molecule has 0 aliphatic carbocycles. The van der Waals surface area contributed by atoms with E-state index in [-0.39, 0.29) is 12.5 Å². The summed E-state index contributed by atoms with van der Waals surface area (Å²) in [6, 6.07) is 13.0. The van der Waals surface area contributed by atoms with Crippen molar-refractivity contribution in [3.63, 3.8) is 0 Å². The first kappa shape index (κ1) is 15.5. The monoisotopic (exact) mass is 348 g/mol. The van der Waals surface area contributed by atoms with Gasteiger partial charge in [-0.3, -0.25) is 4.79 Å². The van der Waals surface area contributed by atoms with Gasteiger partial charge in [-0.05, 0) is 48.4 Å². The molecule has 1 amide bonds. The Morgan fingerprint density at radius 1 is 1.24 bits per heavy atom. The molecule has 2 rings (SSSR count). The van der Waals surface area contributed by atoms with Crippen LogP contribution in [0.15, 0.2) is 46.9 Å². The highest BCUT2D eigenvalue weighted by Gasteiger charge is 2.05. The quantitative estimate of drug-likeness (QED) is 0.871. The lowest BCUT2D eigenvalue weighted by molar-refractivity contribution is -0.118. The van der Waals surface area contributed by atoms with Crippen molar-refractivity contribution in [2.45, 2.75) is 13.5 Å². The summed E-state index contributed by atoms with van der Waals surface area (Å²) in [5, 5.41) is 2.80. The van der Waals surface area contributed by atoms with Crippen molar-refractivity contribution in [3.8, 4) is 5.75 Å². The van der Waals surface area contributed by atoms with E-state index >= 15 is 0 Å². The van der Waals surface area contributed by atoms with Crippen LogP contribution in [0.4, 0.5) is 5.69 Å². The highest BCUT2D eigenvalue weighted by molar-refractivity contribution is 9.10. The number of carbonyl (C=O) groups is 1. The van der Waals surface area contributed by atoms with Gasteiger partial charge in [0.2, 0.25) is 0 Å². The lowest BCUT2D eigenvalue weighted by Gasteiger charge is -2.09. The van der Waals surface area contributed by atoms with Crippen molar-refractivity contribution >= 4 is 27.5 Å². The van der Waals surface area contributed by atoms with Crippen molar-refractivity contribution in [3.05, 3.63) is 58.1 Å². The fourth-order valence-electron chi connectivity index (χ4n) is 1.79. The van der Waals surface area contributed by atoms with Crippen LogP contribution in [-0.4, -0.2) is 12.5 Å². The normalized spacial score (nSPS) is 10.2. The number of carbonyl (C=O) groups excluding carboxylic acids is 1. The van der Waals surface area contributed by atoms with Crippen molar-refractivity contribution in [1.82, 2.24) is 0 Å². The van der Waals surface area contributed by atoms with Crippen LogP contribution in [0.1, 0.15) is 11.1 Å². The number of anilines is 1. The molecule has 110 valence electrons. The van der Waals surface area contributed by atoms with Crippen molar-refractivity contribution < 1.29 is 9.53 Å². The molecule has 3 N–H and O–H groups in total. The van der Waals surface area contributed by atoms with Gasteiger partial charge < -0.3 is 15.8 Å². The fourth-order valence-corrected chi connectivity index (χ4v) is 2.04. The van der Waals surface area contributed by atoms with Crippen LogP contribution in [0.25, 0.3) is 0 Å². The number of halogens is 1. The maximum atomic E-state index is 11.8. The molecule has 21 heavy (non-hydrogen) atoms. The zero-order valence-corrected chi connectivity index (χ0v) is 13.3. The molecular weight excluding hydrogens is 332 g/mol. The van der Waals surface area contributed by atoms with Gasteiger partial charge in [-0.1, -0.05) is 28.1 Å². The summed E-state index contributed by atoms with van der Waals surface area (Å²) in [5.74, 6) is 0.453. The molecule has 0 heterocycles. The predicted octanol–water partition coefficient (Wildman–Crippen LogP) is 3.23. The number of hydrogen-bond donors (Lipinski definition) is 2. The molecule has 4 nitrogen and oxygen atoms in total. The van der Waals surface area contributed by atoms with Crippen LogP contribution in [0.5, 0.6) is 5.75 Å². The Labute approximate surface area is 132 Å². The third-order valence-corrected chi connectivity index (χ3v) is 3.86. The van der Waals surface area contributed by atoms with Crippen molar-refractivity contribution in [1.29, 1.82) is 0 Å². The van der Waals surface area contributed by atoms with E-state index in [4.69, 9.17) is 10.5 Å². The number of ether oxygens (including phenoxy) is 1. The number of benzene rings is 2. The summed E-state index contributed by atoms with van der Waals surface area (Å²) in [7, 11) is 0. The molecule has 0 spiro atoms. The largest absolute Gasteiger partial charge is 0.484 e. The summed E-state index contributed by atoms with van der Waals surface area (Å²) < 4.78 is 6.44. The maximum absolute atomic E-state index is 11.8. The average Bonchev–Trinajstić information content (AvgIpc) is 2.49. The molecule has 0 fully saturated rings. The van der Waals surface area contributed by atoms with Crippen LogP contribution >= 0.6 is 15.9 Å². The van der Waals surface area contributed by atoms with Crippen LogP contribution in [0.2, 0.25) is 0 Å². The van der Waals surface area contributed by atoms with E-state index in [1.165, 1.54) is 0 Å². The highest BCUT2D eigenvalue weighted by atomic mass is 79.9. The fraction of sp³-hybridized carbons (Fsp3) is 0.188. The molecule has 0 aromatic heterocycles. The molecule has 0 radical (unpaired) electrons. The van der Waals surface area contributed by atoms with E-state index < -0.39 is 0 Å². The lowest BCUT2D eigenvalue weighted by atomic mass is 10.2. The van der Waals surface area contributed by atoms with Gasteiger partial charge in [-0.25, -0.2) is 0 Å². The lowest BCUT2D eigenvalue weighted by Crippen LogP contribution is -2.20. The summed E-state index contributed by atoms with van der Waals surface area (Å²) in [5.41, 5.74) is 8.36. The minimum atomic E-state index is -0.195. The molecule has 2 aromatic rings. The van der Waals surface area contributed by atoms with Gasteiger partial charge in [0.25, 0.3) is 5.91 Å². The molecular formula is C16H17BrN2O2. The standard InChI is InChI=1S/C16H17BrN2O2/c1-11-8-13(4-7-15(11)17)19-16(20)10-21-14-5-2-12(9-18)3-6-14/h2-8H,9-10,18H2,1H3,(H,19,20). The molecule has 0 unspecified atom stereocenters. The second-order valence-electron chi connectivity index (χ2n) is 4.65. The van der Waals surface area contributed by atoms with Gasteiger partial charge in [0.15, 0.2) is 6.61 Å². The minimum Gasteiger partial charge on any atom is -0.484 e. The van der Waals surface area contributed by atoms with Gasteiger partial charge >= 0.3 is 0 Å². The van der Waals surface area contributed by atoms with Crippen LogP contribution in [0, 0.1) is 6.92 Å². The Morgan fingerprint density at radius 3 is 2.57 bits per heavy atom. The van der Waals surface area contributed by atoms with Gasteiger partial charge in [-0.2, -0.15) is 0 Å². The second-order valence-corrected chi connectivity index (χ2v) is 5.50. The van der Waals surface area contributed by atoms with Crippen LogP contribution in [0.3, 0.4) is 0 Å². The number of aryl methyl sites for hydroxylation is 1. The third-order valence-electron chi connectivity index (χ3n) is 2.97. The second kappa shape index (κ2) is 7.24. The summed E-state index contributed by atoms with van der Waals surface area (Å²) in [6.45, 7) is 2.43. The number of nitrogens with one attached hydrogen (secondary N) is 1. The molecule has 0 aliphatic rings. The van der Waals surface area contributed by atoms with Gasteiger partial charge in [0.05, 0.1) is 0 Å². The average molecular weight is 349 g/mol. The number of hydrogen-bond acceptors (Lipinski definition) is 3. The SMILES string of the molecule is Cc1cc(NC(=O)COc2ccc(CN)cc2)ccc1Br. The highest BCUT2D eigenvalue weighted by Crippen LogP contribution is 2.20. The van der Waals surface area contributed by atoms with Gasteiger partial charge in [0.1, 0.15) is 5.75 Å². The smallest absolute Gasteiger partial charge is 0.262 e. The molecule has 0 saturated heterocycles. The molecule has 0 aliphatic heterocycles. The molecule has 2 aromatic carbocycles. The first-order valence-electron chi connectivity index (χ1n) is 6.56. The van der Waals surface area contributed by atoms with E-state index in [2.05, 4.69) is 21.2 Å². The topological polar surface area (TPSA) is 64.3 Å². The molecule has 0 saturated carbocycles. The third kappa shape index (κ3) is 4.58. The Bertz CT molecular complexity index is 627. The zero-order valence-electron chi connectivity index (χ0n) is 11.7. The van der Waals surface area contributed by atoms with Gasteiger partial charge in [-0.15, -0.1) is 0 Å². The Kier molecular flexibility index (Phi) is 5.36. The van der Waals surface area contributed by atoms with Crippen molar-refractivity contribution in [2.24, 2.45) is 5.73 Å². The molecule has 0 atom stereocenters. The van der Waals surface area contributed by atoms with E-state index in [0.29, 0.717) is 12.3 Å². The number of amides is 1. The first-order valence-corrected chi connectivity index (χ1v) is 7.35. The Morgan fingerprint density at radius 2 is 1.95 bits per heavy atom. The number of rotatable bonds is 5. The Balaban J connectivity index is 1.87. The van der Waals surface area contributed by atoms with E-state index in [9.17, 15) is 4.79 Å². The van der Waals surface area contributed by atoms with Gasteiger partial charge in [0, 0.05) is 16.7 Å². The molecule has 0 bridgehead atoms. The van der Waals surface area contributed by atoms with E-state index in [1.807, 2.05) is 37.3 Å². The summed E-state index contributed by atoms with van der Waals surface area (Å²) in [6.07, 6.45) is 0. The van der Waals surface area contributed by atoms with E-state index in [1.54, 1.807) is 12.1 Å². The predicted molar refractivity (Wildman–Crippen MR) is 87.3 cm³/mol. The van der Waals surface area contributed by atoms with Crippen molar-refractivity contribution in [2.75, 3.05) is 11.9 Å². The Hall–Kier alpha value is -1.85. The summed E-state index contributed by atoms with van der Waals surface area (Å²) in [4.78, 5) is 11.8. The van der Waals surface area contributed by atoms with Crippen LogP contribution in [-0.2, 0) is 11.3 Å². The number of nitrogens with two attached hydrogens (primary N) is 1. The summed E-state index contributed by atoms with van der Waals surface area (Å²) >= 11 is 3.42. The van der Waals surface area contributed by atoms with Crippen LogP contribution < -0.4 is 15.8 Å². The minimum absolute atomic E-state index is 0.0307. The maximum Gasteiger partial charge on any atom is 0.262 e. The first-order chi connectivity index (χ1) is 10.1. The molecule has 5 heteroatoms. The zero-order chi connectivity index (χ0) is 15.2. The van der Waals surface area contributed by atoms with E-state index in [0.717, 1.165) is 21.3 Å².